The minimum Gasteiger partial charge on any atom is -0.490 e. The fourth-order valence-corrected chi connectivity index (χ4v) is 3.05. The maximum atomic E-state index is 5.77. The van der Waals surface area contributed by atoms with Crippen molar-refractivity contribution in [3.63, 3.8) is 0 Å². The van der Waals surface area contributed by atoms with Crippen molar-refractivity contribution in [2.45, 2.75) is 13.8 Å². The maximum Gasteiger partial charge on any atom is 0.143 e. The molecule has 6 heteroatoms. The molecule has 25 heavy (non-hydrogen) atoms. The summed E-state index contributed by atoms with van der Waals surface area (Å²) in [4.78, 5) is 6.73. The Morgan fingerprint density at radius 3 is 2.96 bits per heavy atom. The van der Waals surface area contributed by atoms with E-state index in [4.69, 9.17) is 4.74 Å². The summed E-state index contributed by atoms with van der Waals surface area (Å²) in [7, 11) is 0. The largest absolute Gasteiger partial charge is 0.490 e. The van der Waals surface area contributed by atoms with E-state index in [0.717, 1.165) is 52.0 Å². The molecule has 3 heterocycles. The van der Waals surface area contributed by atoms with Gasteiger partial charge >= 0.3 is 0 Å². The van der Waals surface area contributed by atoms with Crippen LogP contribution in [0.25, 0.3) is 22.6 Å². The van der Waals surface area contributed by atoms with Gasteiger partial charge in [-0.1, -0.05) is 17.9 Å². The van der Waals surface area contributed by atoms with Gasteiger partial charge in [0.1, 0.15) is 23.7 Å². The fraction of sp³-hybridized carbons (Fsp3) is 0.211. The van der Waals surface area contributed by atoms with E-state index in [-0.39, 0.29) is 0 Å². The Morgan fingerprint density at radius 1 is 1.28 bits per heavy atom. The second kappa shape index (κ2) is 6.05. The van der Waals surface area contributed by atoms with Crippen molar-refractivity contribution in [3.8, 4) is 28.4 Å². The minimum atomic E-state index is 0.654. The van der Waals surface area contributed by atoms with E-state index in [1.54, 1.807) is 0 Å². The fourth-order valence-electron chi connectivity index (χ4n) is 3.05. The van der Waals surface area contributed by atoms with Crippen LogP contribution in [-0.4, -0.2) is 33.5 Å². The number of allylic oxidation sites excluding steroid dienone is 1. The van der Waals surface area contributed by atoms with Crippen LogP contribution in [0.3, 0.4) is 0 Å². The summed E-state index contributed by atoms with van der Waals surface area (Å²) in [5.41, 5.74) is 6.30. The highest BCUT2D eigenvalue weighted by Crippen LogP contribution is 2.38. The second-order valence-corrected chi connectivity index (χ2v) is 6.12. The van der Waals surface area contributed by atoms with Crippen LogP contribution >= 0.6 is 0 Å². The Balaban J connectivity index is 1.81. The smallest absolute Gasteiger partial charge is 0.143 e. The van der Waals surface area contributed by atoms with E-state index in [1.165, 1.54) is 0 Å². The zero-order valence-corrected chi connectivity index (χ0v) is 14.3. The molecule has 1 aromatic carbocycles. The van der Waals surface area contributed by atoms with Crippen LogP contribution in [-0.2, 0) is 0 Å². The third-order valence-electron chi connectivity index (χ3n) is 4.25. The number of aromatic amines is 1. The highest BCUT2D eigenvalue weighted by atomic mass is 16.5. The molecular formula is C19H19N5O. The molecule has 0 spiro atoms. The number of fused-ring (bicyclic) bond motifs is 1. The molecule has 1 N–H and O–H groups in total. The molecule has 4 rings (SSSR count). The van der Waals surface area contributed by atoms with Crippen LogP contribution in [0.5, 0.6) is 5.75 Å². The molecule has 6 nitrogen and oxygen atoms in total. The number of rotatable bonds is 3. The summed E-state index contributed by atoms with van der Waals surface area (Å²) in [5, 5.41) is 11.3. The first kappa shape index (κ1) is 15.4. The zero-order valence-electron chi connectivity index (χ0n) is 14.3. The minimum absolute atomic E-state index is 0.654. The number of aromatic nitrogens is 4. The summed E-state index contributed by atoms with van der Waals surface area (Å²) in [6.45, 7) is 9.48. The van der Waals surface area contributed by atoms with Crippen molar-refractivity contribution in [3.05, 3.63) is 54.4 Å². The van der Waals surface area contributed by atoms with E-state index < -0.39 is 0 Å². The zero-order chi connectivity index (χ0) is 17.4. The van der Waals surface area contributed by atoms with Crippen LogP contribution in [0.1, 0.15) is 12.6 Å². The van der Waals surface area contributed by atoms with Crippen LogP contribution in [0, 0.1) is 6.92 Å². The lowest BCUT2D eigenvalue weighted by molar-refractivity contribution is 0.312. The van der Waals surface area contributed by atoms with Crippen molar-refractivity contribution in [2.75, 3.05) is 18.1 Å². The van der Waals surface area contributed by atoms with Crippen LogP contribution in [0.4, 0.5) is 5.69 Å². The number of pyridine rings is 1. The van der Waals surface area contributed by atoms with Gasteiger partial charge in [0.15, 0.2) is 0 Å². The maximum absolute atomic E-state index is 5.77. The topological polar surface area (TPSA) is 66.9 Å². The molecular weight excluding hydrogens is 314 g/mol. The summed E-state index contributed by atoms with van der Waals surface area (Å²) in [6.07, 6.45) is 0. The van der Waals surface area contributed by atoms with Gasteiger partial charge in [0, 0.05) is 17.0 Å². The normalized spacial score (nSPS) is 13.3. The first-order chi connectivity index (χ1) is 12.1. The lowest BCUT2D eigenvalue weighted by Crippen LogP contribution is -2.30. The van der Waals surface area contributed by atoms with Gasteiger partial charge < -0.3 is 9.64 Å². The molecule has 0 saturated carbocycles. The molecule has 0 bridgehead atoms. The quantitative estimate of drug-likeness (QED) is 0.793. The lowest BCUT2D eigenvalue weighted by atomic mass is 10.1. The highest BCUT2D eigenvalue weighted by molar-refractivity contribution is 5.80. The average Bonchev–Trinajstić information content (AvgIpc) is 3.10. The van der Waals surface area contributed by atoms with Crippen molar-refractivity contribution >= 4 is 5.69 Å². The van der Waals surface area contributed by atoms with Gasteiger partial charge in [-0.05, 0) is 44.2 Å². The summed E-state index contributed by atoms with van der Waals surface area (Å²) in [6, 6.07) is 11.9. The monoisotopic (exact) mass is 333 g/mol. The van der Waals surface area contributed by atoms with Crippen molar-refractivity contribution < 1.29 is 4.74 Å². The Labute approximate surface area is 146 Å². The summed E-state index contributed by atoms with van der Waals surface area (Å²) >= 11 is 0. The predicted octanol–water partition coefficient (Wildman–Crippen LogP) is 3.57. The molecule has 0 unspecified atom stereocenters. The number of hydrogen-bond acceptors (Lipinski definition) is 5. The van der Waals surface area contributed by atoms with Gasteiger partial charge in [-0.2, -0.15) is 0 Å². The van der Waals surface area contributed by atoms with Crippen LogP contribution in [0.2, 0.25) is 0 Å². The molecule has 126 valence electrons. The number of anilines is 1. The predicted molar refractivity (Wildman–Crippen MR) is 97.4 cm³/mol. The molecule has 1 aliphatic heterocycles. The first-order valence-corrected chi connectivity index (χ1v) is 8.19. The average molecular weight is 333 g/mol. The number of benzene rings is 1. The van der Waals surface area contributed by atoms with Crippen molar-refractivity contribution in [1.29, 1.82) is 0 Å². The highest BCUT2D eigenvalue weighted by Gasteiger charge is 2.21. The van der Waals surface area contributed by atoms with E-state index >= 15 is 0 Å². The number of nitrogens with one attached hydrogen (secondary N) is 1. The molecule has 0 atom stereocenters. The first-order valence-electron chi connectivity index (χ1n) is 8.19. The molecule has 0 amide bonds. The van der Waals surface area contributed by atoms with Gasteiger partial charge in [-0.3, -0.25) is 10.1 Å². The van der Waals surface area contributed by atoms with Gasteiger partial charge in [0.05, 0.1) is 17.9 Å². The lowest BCUT2D eigenvalue weighted by Gasteiger charge is -2.31. The SMILES string of the molecule is C=C(C)N1CCOc2ccc(-c3nn[nH]c3-c3cccc(C)n3)cc21. The number of hydrogen-bond donors (Lipinski definition) is 1. The van der Waals surface area contributed by atoms with Crippen LogP contribution < -0.4 is 9.64 Å². The van der Waals surface area contributed by atoms with Gasteiger partial charge in [0.25, 0.3) is 0 Å². The molecule has 0 saturated heterocycles. The van der Waals surface area contributed by atoms with Crippen molar-refractivity contribution in [1.82, 2.24) is 20.4 Å². The van der Waals surface area contributed by atoms with Gasteiger partial charge in [-0.15, -0.1) is 5.10 Å². The Morgan fingerprint density at radius 2 is 2.16 bits per heavy atom. The number of nitrogens with zero attached hydrogens (tertiary/aromatic N) is 4. The molecule has 1 aliphatic rings. The van der Waals surface area contributed by atoms with E-state index in [1.807, 2.05) is 44.2 Å². The molecule has 0 fully saturated rings. The Kier molecular flexibility index (Phi) is 3.72. The third kappa shape index (κ3) is 2.76. The molecule has 0 aliphatic carbocycles. The molecule has 2 aromatic heterocycles. The number of aryl methyl sites for hydroxylation is 1. The van der Waals surface area contributed by atoms with Gasteiger partial charge in [0.2, 0.25) is 0 Å². The summed E-state index contributed by atoms with van der Waals surface area (Å²) in [5.74, 6) is 0.858. The molecule has 0 radical (unpaired) electrons. The number of ether oxygens (including phenoxy) is 1. The second-order valence-electron chi connectivity index (χ2n) is 6.12. The Hall–Kier alpha value is -3.15. The standard InChI is InChI=1S/C19H19N5O/c1-12(2)24-9-10-25-17-8-7-14(11-16(17)24)18-19(22-23-21-18)15-6-4-5-13(3)20-15/h4-8,11H,1,9-10H2,2-3H3,(H,21,22,23). The van der Waals surface area contributed by atoms with Crippen LogP contribution in [0.15, 0.2) is 48.7 Å². The summed E-state index contributed by atoms with van der Waals surface area (Å²) < 4.78 is 5.77. The third-order valence-corrected chi connectivity index (χ3v) is 4.25. The van der Waals surface area contributed by atoms with E-state index in [9.17, 15) is 0 Å². The van der Waals surface area contributed by atoms with Gasteiger partial charge in [-0.25, -0.2) is 0 Å². The Bertz CT molecular complexity index is 946. The van der Waals surface area contributed by atoms with E-state index in [2.05, 4.69) is 37.9 Å². The van der Waals surface area contributed by atoms with E-state index in [0.29, 0.717) is 6.61 Å². The number of H-pyrrole nitrogens is 1. The van der Waals surface area contributed by atoms with Crippen molar-refractivity contribution in [2.24, 2.45) is 0 Å². The molecule has 3 aromatic rings.